The van der Waals surface area contributed by atoms with E-state index in [2.05, 4.69) is 9.97 Å². The molecule has 88 valence electrons. The Balaban J connectivity index is 2.22. The van der Waals surface area contributed by atoms with E-state index in [0.717, 1.165) is 10.9 Å². The third kappa shape index (κ3) is 1.64. The maximum Gasteiger partial charge on any atom is 0.184 e. The van der Waals surface area contributed by atoms with Crippen LogP contribution in [-0.4, -0.2) is 29.0 Å². The lowest BCUT2D eigenvalue weighted by atomic mass is 10.1. The summed E-state index contributed by atoms with van der Waals surface area (Å²) in [6, 6.07) is 1.83. The van der Waals surface area contributed by atoms with Crippen LogP contribution >= 0.6 is 0 Å². The van der Waals surface area contributed by atoms with Crippen molar-refractivity contribution >= 4 is 16.8 Å². The molecule has 1 saturated heterocycles. The van der Waals surface area contributed by atoms with Crippen LogP contribution in [0.15, 0.2) is 18.5 Å². The summed E-state index contributed by atoms with van der Waals surface area (Å²) in [7, 11) is 0. The van der Waals surface area contributed by atoms with Gasteiger partial charge in [0.25, 0.3) is 0 Å². The molecule has 0 radical (unpaired) electrons. The number of carbonyl (C=O) groups excluding carboxylic acids is 1. The van der Waals surface area contributed by atoms with E-state index in [0.29, 0.717) is 24.4 Å². The molecule has 3 heterocycles. The summed E-state index contributed by atoms with van der Waals surface area (Å²) >= 11 is 0. The largest absolute Gasteiger partial charge is 0.346 e. The Labute approximate surface area is 97.7 Å². The number of nitrogens with zero attached hydrogens (tertiary/aromatic N) is 1. The van der Waals surface area contributed by atoms with E-state index in [1.165, 1.54) is 6.92 Å². The summed E-state index contributed by atoms with van der Waals surface area (Å²) in [5.41, 5.74) is 2.17. The van der Waals surface area contributed by atoms with Gasteiger partial charge in [-0.3, -0.25) is 4.79 Å². The summed E-state index contributed by atoms with van der Waals surface area (Å²) < 4.78 is 11.0. The van der Waals surface area contributed by atoms with E-state index < -0.39 is 6.29 Å². The average Bonchev–Trinajstić information content (AvgIpc) is 2.97. The monoisotopic (exact) mass is 232 g/mol. The number of nitrogens with one attached hydrogen (secondary N) is 1. The lowest BCUT2D eigenvalue weighted by Gasteiger charge is -2.10. The molecule has 3 rings (SSSR count). The number of carbonyl (C=O) groups is 1. The van der Waals surface area contributed by atoms with Crippen molar-refractivity contribution in [1.82, 2.24) is 9.97 Å². The zero-order valence-corrected chi connectivity index (χ0v) is 9.40. The molecule has 5 heteroatoms. The number of ketones is 1. The van der Waals surface area contributed by atoms with Crippen LogP contribution in [0.25, 0.3) is 11.0 Å². The zero-order chi connectivity index (χ0) is 11.8. The first-order valence-electron chi connectivity index (χ1n) is 5.47. The quantitative estimate of drug-likeness (QED) is 0.802. The van der Waals surface area contributed by atoms with E-state index in [-0.39, 0.29) is 5.78 Å². The highest BCUT2D eigenvalue weighted by Crippen LogP contribution is 2.31. The number of rotatable bonds is 2. The minimum absolute atomic E-state index is 0.00324. The van der Waals surface area contributed by atoms with Gasteiger partial charge in [0, 0.05) is 28.9 Å². The number of hydrogen-bond donors (Lipinski definition) is 1. The van der Waals surface area contributed by atoms with Crippen LogP contribution < -0.4 is 0 Å². The lowest BCUT2D eigenvalue weighted by Crippen LogP contribution is -2.01. The van der Waals surface area contributed by atoms with Crippen molar-refractivity contribution in [3.8, 4) is 0 Å². The van der Waals surface area contributed by atoms with Crippen LogP contribution in [0.3, 0.4) is 0 Å². The van der Waals surface area contributed by atoms with Crippen molar-refractivity contribution in [2.75, 3.05) is 13.2 Å². The third-order valence-electron chi connectivity index (χ3n) is 2.86. The maximum atomic E-state index is 11.6. The molecule has 0 aromatic carbocycles. The van der Waals surface area contributed by atoms with Gasteiger partial charge in [0.05, 0.1) is 13.2 Å². The number of ether oxygens (including phenoxy) is 2. The highest BCUT2D eigenvalue weighted by atomic mass is 16.7. The molecule has 1 aliphatic rings. The number of pyridine rings is 1. The molecule has 0 saturated carbocycles. The number of Topliss-reactive ketones (excluding diaryl/α,β-unsaturated/α-hetero) is 1. The number of H-pyrrole nitrogens is 1. The first-order chi connectivity index (χ1) is 8.27. The van der Waals surface area contributed by atoms with Crippen LogP contribution in [0.4, 0.5) is 0 Å². The van der Waals surface area contributed by atoms with Gasteiger partial charge in [-0.1, -0.05) is 0 Å². The van der Waals surface area contributed by atoms with Crippen molar-refractivity contribution in [1.29, 1.82) is 0 Å². The fourth-order valence-corrected chi connectivity index (χ4v) is 2.09. The summed E-state index contributed by atoms with van der Waals surface area (Å²) in [6.07, 6.45) is 2.97. The van der Waals surface area contributed by atoms with Gasteiger partial charge in [0.15, 0.2) is 12.1 Å². The summed E-state index contributed by atoms with van der Waals surface area (Å²) in [5.74, 6) is 0.00324. The standard InChI is InChI=1S/C12H12N2O3/c1-7(15)9-6-14-11-10(9)8(2-3-13-11)12-16-4-5-17-12/h2-3,6,12H,4-5H2,1H3,(H,13,14). The Morgan fingerprint density at radius 1 is 1.47 bits per heavy atom. The first kappa shape index (κ1) is 10.4. The molecule has 17 heavy (non-hydrogen) atoms. The van der Waals surface area contributed by atoms with Crippen molar-refractivity contribution in [3.63, 3.8) is 0 Å². The minimum atomic E-state index is -0.394. The summed E-state index contributed by atoms with van der Waals surface area (Å²) in [4.78, 5) is 18.7. The van der Waals surface area contributed by atoms with Crippen LogP contribution in [0.1, 0.15) is 29.1 Å². The van der Waals surface area contributed by atoms with Gasteiger partial charge in [0.1, 0.15) is 5.65 Å². The van der Waals surface area contributed by atoms with Crippen molar-refractivity contribution in [3.05, 3.63) is 29.6 Å². The Kier molecular flexibility index (Phi) is 2.42. The highest BCUT2D eigenvalue weighted by Gasteiger charge is 2.23. The number of aromatic amines is 1. The molecule has 1 aliphatic heterocycles. The number of aromatic nitrogens is 2. The second-order valence-electron chi connectivity index (χ2n) is 3.96. The molecular formula is C12H12N2O3. The average molecular weight is 232 g/mol. The van der Waals surface area contributed by atoms with Gasteiger partial charge >= 0.3 is 0 Å². The molecule has 0 atom stereocenters. The van der Waals surface area contributed by atoms with Crippen molar-refractivity contribution in [2.24, 2.45) is 0 Å². The van der Waals surface area contributed by atoms with Gasteiger partial charge in [-0.25, -0.2) is 4.98 Å². The molecule has 2 aromatic heterocycles. The second kappa shape index (κ2) is 3.94. The third-order valence-corrected chi connectivity index (χ3v) is 2.86. The Morgan fingerprint density at radius 2 is 2.24 bits per heavy atom. The molecule has 0 spiro atoms. The summed E-state index contributed by atoms with van der Waals surface area (Å²) in [5, 5.41) is 0.798. The Bertz CT molecular complexity index is 570. The Hall–Kier alpha value is -1.72. The topological polar surface area (TPSA) is 64.2 Å². The molecule has 5 nitrogen and oxygen atoms in total. The van der Waals surface area contributed by atoms with Crippen molar-refractivity contribution in [2.45, 2.75) is 13.2 Å². The fourth-order valence-electron chi connectivity index (χ4n) is 2.09. The van der Waals surface area contributed by atoms with Crippen LogP contribution in [0.5, 0.6) is 0 Å². The molecule has 1 fully saturated rings. The molecule has 1 N–H and O–H groups in total. The molecule has 0 aliphatic carbocycles. The van der Waals surface area contributed by atoms with Gasteiger partial charge in [0.2, 0.25) is 0 Å². The zero-order valence-electron chi connectivity index (χ0n) is 9.40. The predicted octanol–water partition coefficient (Wildman–Crippen LogP) is 1.81. The van der Waals surface area contributed by atoms with E-state index in [1.807, 2.05) is 6.07 Å². The predicted molar refractivity (Wildman–Crippen MR) is 60.7 cm³/mol. The normalized spacial score (nSPS) is 16.8. The van der Waals surface area contributed by atoms with E-state index in [1.54, 1.807) is 12.4 Å². The molecule has 0 amide bonds. The van der Waals surface area contributed by atoms with Gasteiger partial charge in [-0.2, -0.15) is 0 Å². The SMILES string of the molecule is CC(=O)c1c[nH]c2nccc(C3OCCO3)c12. The van der Waals surface area contributed by atoms with Gasteiger partial charge in [-0.05, 0) is 13.0 Å². The Morgan fingerprint density at radius 3 is 2.94 bits per heavy atom. The number of fused-ring (bicyclic) bond motifs is 1. The van der Waals surface area contributed by atoms with Crippen LogP contribution in [0, 0.1) is 0 Å². The van der Waals surface area contributed by atoms with Crippen LogP contribution in [0.2, 0.25) is 0 Å². The first-order valence-corrected chi connectivity index (χ1v) is 5.47. The second-order valence-corrected chi connectivity index (χ2v) is 3.96. The summed E-state index contributed by atoms with van der Waals surface area (Å²) in [6.45, 7) is 2.69. The number of hydrogen-bond acceptors (Lipinski definition) is 4. The van der Waals surface area contributed by atoms with Crippen molar-refractivity contribution < 1.29 is 14.3 Å². The molecular weight excluding hydrogens is 220 g/mol. The fraction of sp³-hybridized carbons (Fsp3) is 0.333. The minimum Gasteiger partial charge on any atom is -0.346 e. The maximum absolute atomic E-state index is 11.6. The van der Waals surface area contributed by atoms with Gasteiger partial charge < -0.3 is 14.5 Å². The van der Waals surface area contributed by atoms with E-state index >= 15 is 0 Å². The van der Waals surface area contributed by atoms with Gasteiger partial charge in [-0.15, -0.1) is 0 Å². The van der Waals surface area contributed by atoms with E-state index in [9.17, 15) is 4.79 Å². The highest BCUT2D eigenvalue weighted by molar-refractivity contribution is 6.07. The molecule has 0 bridgehead atoms. The smallest absolute Gasteiger partial charge is 0.184 e. The lowest BCUT2D eigenvalue weighted by molar-refractivity contribution is -0.0430. The van der Waals surface area contributed by atoms with Crippen LogP contribution in [-0.2, 0) is 9.47 Å². The molecule has 0 unspecified atom stereocenters. The van der Waals surface area contributed by atoms with E-state index in [4.69, 9.17) is 9.47 Å². The molecule has 2 aromatic rings.